The predicted molar refractivity (Wildman–Crippen MR) is 93.4 cm³/mol. The van der Waals surface area contributed by atoms with E-state index in [1.165, 1.54) is 17.3 Å². The van der Waals surface area contributed by atoms with E-state index in [4.69, 9.17) is 4.74 Å². The standard InChI is InChI=1S/C19H20O2S/c1-2-9-18(15-14-16-10-5-3-6-11-16)22-19(20)21-17-12-7-4-8-13-17/h2-8,10-13,18H,1,9,14-15H2. The van der Waals surface area contributed by atoms with Gasteiger partial charge in [0.2, 0.25) is 0 Å². The van der Waals surface area contributed by atoms with Crippen molar-refractivity contribution in [2.45, 2.75) is 24.5 Å². The zero-order chi connectivity index (χ0) is 15.6. The number of benzene rings is 2. The van der Waals surface area contributed by atoms with E-state index in [1.807, 2.05) is 42.5 Å². The van der Waals surface area contributed by atoms with Crippen LogP contribution in [0.1, 0.15) is 18.4 Å². The summed E-state index contributed by atoms with van der Waals surface area (Å²) in [4.78, 5) is 12.0. The average Bonchev–Trinajstić information content (AvgIpc) is 2.55. The van der Waals surface area contributed by atoms with Crippen LogP contribution in [-0.4, -0.2) is 10.6 Å². The molecule has 1 unspecified atom stereocenters. The van der Waals surface area contributed by atoms with E-state index in [1.54, 1.807) is 12.1 Å². The summed E-state index contributed by atoms with van der Waals surface area (Å²) in [5.74, 6) is 0.584. The van der Waals surface area contributed by atoms with Crippen molar-refractivity contribution in [2.75, 3.05) is 0 Å². The van der Waals surface area contributed by atoms with Gasteiger partial charge < -0.3 is 4.74 Å². The molecule has 0 N–H and O–H groups in total. The van der Waals surface area contributed by atoms with Crippen molar-refractivity contribution >= 4 is 17.1 Å². The Hall–Kier alpha value is -2.00. The molecule has 1 atom stereocenters. The van der Waals surface area contributed by atoms with E-state index in [9.17, 15) is 4.79 Å². The van der Waals surface area contributed by atoms with Crippen LogP contribution in [0.2, 0.25) is 0 Å². The highest BCUT2D eigenvalue weighted by atomic mass is 32.2. The molecule has 0 saturated carbocycles. The lowest BCUT2D eigenvalue weighted by Gasteiger charge is -2.13. The summed E-state index contributed by atoms with van der Waals surface area (Å²) in [5.41, 5.74) is 1.29. The van der Waals surface area contributed by atoms with Crippen molar-refractivity contribution in [1.82, 2.24) is 0 Å². The van der Waals surface area contributed by atoms with Crippen LogP contribution >= 0.6 is 11.8 Å². The monoisotopic (exact) mass is 312 g/mol. The van der Waals surface area contributed by atoms with Crippen LogP contribution in [0.4, 0.5) is 4.79 Å². The fourth-order valence-corrected chi connectivity index (χ4v) is 3.01. The molecule has 2 rings (SSSR count). The van der Waals surface area contributed by atoms with Crippen LogP contribution in [0.15, 0.2) is 73.3 Å². The summed E-state index contributed by atoms with van der Waals surface area (Å²) in [6.45, 7) is 3.78. The van der Waals surface area contributed by atoms with Gasteiger partial charge in [-0.15, -0.1) is 6.58 Å². The Kier molecular flexibility index (Phi) is 6.78. The molecule has 0 spiro atoms. The molecule has 2 aromatic carbocycles. The summed E-state index contributed by atoms with van der Waals surface area (Å²) >= 11 is 1.25. The highest BCUT2D eigenvalue weighted by Crippen LogP contribution is 2.24. The summed E-state index contributed by atoms with van der Waals surface area (Å²) in [5, 5.41) is -0.0694. The minimum atomic E-state index is -0.258. The van der Waals surface area contributed by atoms with Gasteiger partial charge in [-0.2, -0.15) is 0 Å². The molecule has 2 nitrogen and oxygen atoms in total. The van der Waals surface area contributed by atoms with Gasteiger partial charge in [-0.25, -0.2) is 4.79 Å². The highest BCUT2D eigenvalue weighted by Gasteiger charge is 2.15. The van der Waals surface area contributed by atoms with Gasteiger partial charge in [0.25, 0.3) is 0 Å². The molecule has 0 heterocycles. The second-order valence-corrected chi connectivity index (χ2v) is 6.19. The lowest BCUT2D eigenvalue weighted by atomic mass is 10.1. The molecular formula is C19H20O2S. The second-order valence-electron chi connectivity index (χ2n) is 4.95. The SMILES string of the molecule is C=CCC(CCc1ccccc1)SC(=O)Oc1ccccc1. The third kappa shape index (κ3) is 5.78. The van der Waals surface area contributed by atoms with E-state index in [2.05, 4.69) is 18.7 Å². The van der Waals surface area contributed by atoms with Crippen molar-refractivity contribution < 1.29 is 9.53 Å². The minimum absolute atomic E-state index is 0.189. The van der Waals surface area contributed by atoms with Gasteiger partial charge in [0, 0.05) is 5.25 Å². The molecule has 0 fully saturated rings. The molecule has 114 valence electrons. The van der Waals surface area contributed by atoms with Crippen molar-refractivity contribution in [3.8, 4) is 5.75 Å². The maximum Gasteiger partial charge on any atom is 0.372 e. The molecule has 0 aliphatic carbocycles. The molecule has 2 aromatic rings. The Labute approximate surface area is 136 Å². The Morgan fingerprint density at radius 1 is 1.09 bits per heavy atom. The molecule has 0 aliphatic heterocycles. The van der Waals surface area contributed by atoms with Gasteiger partial charge in [0.1, 0.15) is 5.75 Å². The first-order valence-corrected chi connectivity index (χ1v) is 8.24. The zero-order valence-electron chi connectivity index (χ0n) is 12.5. The van der Waals surface area contributed by atoms with Crippen molar-refractivity contribution in [3.63, 3.8) is 0 Å². The first-order chi connectivity index (χ1) is 10.8. The van der Waals surface area contributed by atoms with E-state index in [-0.39, 0.29) is 10.6 Å². The fraction of sp³-hybridized carbons (Fsp3) is 0.211. The fourth-order valence-electron chi connectivity index (χ4n) is 2.13. The maximum atomic E-state index is 12.0. The minimum Gasteiger partial charge on any atom is -0.418 e. The van der Waals surface area contributed by atoms with E-state index in [0.29, 0.717) is 5.75 Å². The van der Waals surface area contributed by atoms with Crippen molar-refractivity contribution in [2.24, 2.45) is 0 Å². The smallest absolute Gasteiger partial charge is 0.372 e. The first-order valence-electron chi connectivity index (χ1n) is 7.36. The number of hydrogen-bond acceptors (Lipinski definition) is 3. The van der Waals surface area contributed by atoms with Crippen molar-refractivity contribution in [1.29, 1.82) is 0 Å². The largest absolute Gasteiger partial charge is 0.418 e. The second kappa shape index (κ2) is 9.11. The number of carbonyl (C=O) groups is 1. The zero-order valence-corrected chi connectivity index (χ0v) is 13.3. The number of para-hydroxylation sites is 1. The highest BCUT2D eigenvalue weighted by molar-refractivity contribution is 8.13. The van der Waals surface area contributed by atoms with Crippen molar-refractivity contribution in [3.05, 3.63) is 78.9 Å². The van der Waals surface area contributed by atoms with Gasteiger partial charge in [0.15, 0.2) is 0 Å². The topological polar surface area (TPSA) is 26.3 Å². The molecule has 0 aliphatic rings. The number of rotatable bonds is 7. The van der Waals surface area contributed by atoms with E-state index >= 15 is 0 Å². The third-order valence-corrected chi connectivity index (χ3v) is 4.27. The number of thioether (sulfide) groups is 1. The lowest BCUT2D eigenvalue weighted by molar-refractivity contribution is 0.227. The number of ether oxygens (including phenoxy) is 1. The van der Waals surface area contributed by atoms with Gasteiger partial charge in [0.05, 0.1) is 0 Å². The first kappa shape index (κ1) is 16.4. The predicted octanol–water partition coefficient (Wildman–Crippen LogP) is 5.50. The van der Waals surface area contributed by atoms with Crippen LogP contribution in [0.5, 0.6) is 5.75 Å². The quantitative estimate of drug-likeness (QED) is 0.499. The Bertz CT molecular complexity index is 581. The molecule has 0 radical (unpaired) electrons. The maximum absolute atomic E-state index is 12.0. The lowest BCUT2D eigenvalue weighted by Crippen LogP contribution is -2.10. The molecule has 22 heavy (non-hydrogen) atoms. The molecule has 0 saturated heterocycles. The van der Waals surface area contributed by atoms with Gasteiger partial charge in [-0.05, 0) is 48.7 Å². The average molecular weight is 312 g/mol. The number of carbonyl (C=O) groups excluding carboxylic acids is 1. The number of allylic oxidation sites excluding steroid dienone is 1. The van der Waals surface area contributed by atoms with Crippen LogP contribution in [0.25, 0.3) is 0 Å². The summed E-state index contributed by atoms with van der Waals surface area (Å²) < 4.78 is 5.33. The van der Waals surface area contributed by atoms with Gasteiger partial charge in [-0.1, -0.05) is 54.6 Å². The normalized spacial score (nSPS) is 11.6. The van der Waals surface area contributed by atoms with Crippen LogP contribution in [0, 0.1) is 0 Å². The van der Waals surface area contributed by atoms with Crippen LogP contribution in [0.3, 0.4) is 0 Å². The molecule has 0 bridgehead atoms. The van der Waals surface area contributed by atoms with Crippen LogP contribution < -0.4 is 4.74 Å². The molecule has 3 heteroatoms. The van der Waals surface area contributed by atoms with Crippen LogP contribution in [-0.2, 0) is 6.42 Å². The Balaban J connectivity index is 1.85. The summed E-state index contributed by atoms with van der Waals surface area (Å²) in [6, 6.07) is 19.5. The van der Waals surface area contributed by atoms with E-state index < -0.39 is 0 Å². The summed E-state index contributed by atoms with van der Waals surface area (Å²) in [6.07, 6.45) is 4.52. The Morgan fingerprint density at radius 3 is 2.36 bits per heavy atom. The number of hydrogen-bond donors (Lipinski definition) is 0. The van der Waals surface area contributed by atoms with Gasteiger partial charge >= 0.3 is 5.30 Å². The van der Waals surface area contributed by atoms with Gasteiger partial charge in [-0.3, -0.25) is 0 Å². The number of aryl methyl sites for hydroxylation is 1. The molecule has 0 aromatic heterocycles. The summed E-state index contributed by atoms with van der Waals surface area (Å²) in [7, 11) is 0. The van der Waals surface area contributed by atoms with E-state index in [0.717, 1.165) is 19.3 Å². The third-order valence-electron chi connectivity index (χ3n) is 3.23. The Morgan fingerprint density at radius 2 is 1.73 bits per heavy atom. The molecule has 0 amide bonds. The molecular weight excluding hydrogens is 292 g/mol.